The first-order valence-corrected chi connectivity index (χ1v) is 5.64. The summed E-state index contributed by atoms with van der Waals surface area (Å²) in [6.45, 7) is 0. The molecule has 1 aromatic heterocycles. The lowest BCUT2D eigenvalue weighted by Gasteiger charge is -1.94. The molecule has 0 atom stereocenters. The van der Waals surface area contributed by atoms with Gasteiger partial charge in [-0.25, -0.2) is 8.42 Å². The van der Waals surface area contributed by atoms with E-state index in [-0.39, 0.29) is 10.4 Å². The van der Waals surface area contributed by atoms with Crippen molar-refractivity contribution < 1.29 is 8.42 Å². The Bertz CT molecular complexity index is 548. The molecule has 1 N–H and O–H groups in total. The summed E-state index contributed by atoms with van der Waals surface area (Å²) in [5, 5.41) is 9.64. The Labute approximate surface area is 78.1 Å². The van der Waals surface area contributed by atoms with Crippen molar-refractivity contribution in [2.45, 2.75) is 4.90 Å². The number of hydrogen-bond donors (Lipinski definition) is 1. The van der Waals surface area contributed by atoms with Gasteiger partial charge in [0.15, 0.2) is 0 Å². The van der Waals surface area contributed by atoms with Gasteiger partial charge in [-0.2, -0.15) is 0 Å². The fourth-order valence-corrected chi connectivity index (χ4v) is 2.04. The zero-order chi connectivity index (χ0) is 9.47. The van der Waals surface area contributed by atoms with E-state index in [1.165, 1.54) is 6.07 Å². The molecule has 0 saturated carbocycles. The Morgan fingerprint density at radius 3 is 2.85 bits per heavy atom. The van der Waals surface area contributed by atoms with Crippen LogP contribution in [0.3, 0.4) is 0 Å². The van der Waals surface area contributed by atoms with E-state index in [0.717, 1.165) is 0 Å². The Balaban J connectivity index is 2.91. The van der Waals surface area contributed by atoms with Gasteiger partial charge in [0.1, 0.15) is 10.4 Å². The van der Waals surface area contributed by atoms with E-state index in [2.05, 4.69) is 15.4 Å². The normalized spacial score (nSPS) is 12.1. The predicted molar refractivity (Wildman–Crippen MR) is 46.9 cm³/mol. The van der Waals surface area contributed by atoms with Crippen molar-refractivity contribution in [3.05, 3.63) is 18.2 Å². The third-order valence-corrected chi connectivity index (χ3v) is 2.94. The average molecular weight is 218 g/mol. The van der Waals surface area contributed by atoms with Gasteiger partial charge in [0.2, 0.25) is 0 Å². The number of fused-ring (bicyclic) bond motifs is 1. The predicted octanol–water partition coefficient (Wildman–Crippen LogP) is 0.885. The number of hydrogen-bond acceptors (Lipinski definition) is 4. The number of H-pyrrole nitrogens is 1. The highest BCUT2D eigenvalue weighted by atomic mass is 35.7. The summed E-state index contributed by atoms with van der Waals surface area (Å²) >= 11 is 0. The van der Waals surface area contributed by atoms with Crippen LogP contribution in [0, 0.1) is 0 Å². The van der Waals surface area contributed by atoms with Gasteiger partial charge in [-0.15, -0.1) is 5.10 Å². The molecule has 0 spiro atoms. The molecule has 0 aliphatic heterocycles. The molecular weight excluding hydrogens is 214 g/mol. The van der Waals surface area contributed by atoms with Gasteiger partial charge >= 0.3 is 0 Å². The lowest BCUT2D eigenvalue weighted by Crippen LogP contribution is -1.91. The first-order valence-electron chi connectivity index (χ1n) is 3.33. The van der Waals surface area contributed by atoms with E-state index in [1.54, 1.807) is 12.1 Å². The van der Waals surface area contributed by atoms with Gasteiger partial charge < -0.3 is 0 Å². The minimum Gasteiger partial charge on any atom is -0.257 e. The van der Waals surface area contributed by atoms with Gasteiger partial charge in [-0.3, -0.25) is 5.10 Å². The molecule has 5 nitrogen and oxygen atoms in total. The molecule has 0 radical (unpaired) electrons. The van der Waals surface area contributed by atoms with E-state index in [9.17, 15) is 8.42 Å². The Morgan fingerprint density at radius 1 is 1.38 bits per heavy atom. The minimum absolute atomic E-state index is 0.0274. The van der Waals surface area contributed by atoms with Gasteiger partial charge in [-0.1, -0.05) is 11.3 Å². The van der Waals surface area contributed by atoms with Crippen LogP contribution in [0.4, 0.5) is 0 Å². The van der Waals surface area contributed by atoms with Crippen molar-refractivity contribution in [2.75, 3.05) is 0 Å². The zero-order valence-electron chi connectivity index (χ0n) is 6.23. The van der Waals surface area contributed by atoms with Crippen molar-refractivity contribution in [1.29, 1.82) is 0 Å². The van der Waals surface area contributed by atoms with E-state index in [0.29, 0.717) is 5.52 Å². The molecule has 68 valence electrons. The number of aromatic nitrogens is 3. The van der Waals surface area contributed by atoms with Gasteiger partial charge in [0, 0.05) is 10.7 Å². The molecule has 2 rings (SSSR count). The lowest BCUT2D eigenvalue weighted by molar-refractivity contribution is 0.610. The topological polar surface area (TPSA) is 75.7 Å². The van der Waals surface area contributed by atoms with Crippen LogP contribution in [-0.2, 0) is 9.05 Å². The molecular formula is C6H4ClN3O2S. The molecule has 0 amide bonds. The maximum atomic E-state index is 11.0. The van der Waals surface area contributed by atoms with Gasteiger partial charge in [-0.05, 0) is 12.1 Å². The van der Waals surface area contributed by atoms with Crippen LogP contribution in [-0.4, -0.2) is 23.8 Å². The molecule has 0 aliphatic carbocycles. The Hall–Kier alpha value is -1.14. The molecule has 0 bridgehead atoms. The average Bonchev–Trinajstić information content (AvgIpc) is 2.48. The highest BCUT2D eigenvalue weighted by Crippen LogP contribution is 2.21. The largest absolute Gasteiger partial charge is 0.263 e. The van der Waals surface area contributed by atoms with Crippen LogP contribution in [0.2, 0.25) is 0 Å². The van der Waals surface area contributed by atoms with E-state index in [4.69, 9.17) is 10.7 Å². The first kappa shape index (κ1) is 8.46. The molecule has 2 aromatic rings. The highest BCUT2D eigenvalue weighted by Gasteiger charge is 2.15. The molecule has 13 heavy (non-hydrogen) atoms. The summed E-state index contributed by atoms with van der Waals surface area (Å²) in [5.41, 5.74) is 0.805. The molecule has 1 heterocycles. The smallest absolute Gasteiger partial charge is 0.257 e. The van der Waals surface area contributed by atoms with Crippen molar-refractivity contribution in [1.82, 2.24) is 15.4 Å². The fraction of sp³-hybridized carbons (Fsp3) is 0. The van der Waals surface area contributed by atoms with Crippen LogP contribution in [0.25, 0.3) is 11.0 Å². The Kier molecular flexibility index (Phi) is 1.74. The van der Waals surface area contributed by atoms with E-state index >= 15 is 0 Å². The first-order chi connectivity index (χ1) is 6.09. The van der Waals surface area contributed by atoms with Crippen molar-refractivity contribution in [2.24, 2.45) is 0 Å². The Morgan fingerprint density at radius 2 is 2.15 bits per heavy atom. The van der Waals surface area contributed by atoms with Crippen molar-refractivity contribution >= 4 is 30.8 Å². The number of halogens is 1. The third kappa shape index (κ3) is 1.38. The molecule has 7 heteroatoms. The molecule has 0 aliphatic rings. The van der Waals surface area contributed by atoms with Crippen molar-refractivity contribution in [3.63, 3.8) is 0 Å². The summed E-state index contributed by atoms with van der Waals surface area (Å²) in [7, 11) is 1.44. The second-order valence-electron chi connectivity index (χ2n) is 2.40. The SMILES string of the molecule is O=S(=O)(Cl)c1cccc2[nH]nnc12. The highest BCUT2D eigenvalue weighted by molar-refractivity contribution is 8.14. The quantitative estimate of drug-likeness (QED) is 0.720. The van der Waals surface area contributed by atoms with Crippen LogP contribution < -0.4 is 0 Å². The maximum absolute atomic E-state index is 11.0. The van der Waals surface area contributed by atoms with Crippen molar-refractivity contribution in [3.8, 4) is 0 Å². The van der Waals surface area contributed by atoms with Gasteiger partial charge in [0.05, 0.1) is 5.52 Å². The summed E-state index contributed by atoms with van der Waals surface area (Å²) in [6.07, 6.45) is 0. The number of nitrogens with zero attached hydrogens (tertiary/aromatic N) is 2. The van der Waals surface area contributed by atoms with Gasteiger partial charge in [0.25, 0.3) is 9.05 Å². The number of aromatic amines is 1. The minimum atomic E-state index is -3.75. The summed E-state index contributed by atoms with van der Waals surface area (Å²) in [6, 6.07) is 4.62. The lowest BCUT2D eigenvalue weighted by atomic mass is 10.3. The van der Waals surface area contributed by atoms with Crippen LogP contribution in [0.15, 0.2) is 23.1 Å². The summed E-state index contributed by atoms with van der Waals surface area (Å²) in [5.74, 6) is 0. The maximum Gasteiger partial charge on any atom is 0.263 e. The van der Waals surface area contributed by atoms with Crippen LogP contribution in [0.1, 0.15) is 0 Å². The van der Waals surface area contributed by atoms with Crippen LogP contribution in [0.5, 0.6) is 0 Å². The summed E-state index contributed by atoms with van der Waals surface area (Å²) in [4.78, 5) is -0.0274. The summed E-state index contributed by atoms with van der Waals surface area (Å²) < 4.78 is 22.1. The number of benzene rings is 1. The number of nitrogens with one attached hydrogen (secondary N) is 1. The van der Waals surface area contributed by atoms with E-state index in [1.807, 2.05) is 0 Å². The number of rotatable bonds is 1. The monoisotopic (exact) mass is 217 g/mol. The third-order valence-electron chi connectivity index (χ3n) is 1.58. The standard InChI is InChI=1S/C6H4ClN3O2S/c7-13(11,12)5-3-1-2-4-6(5)9-10-8-4/h1-3H,(H,8,9,10). The molecule has 0 fully saturated rings. The van der Waals surface area contributed by atoms with E-state index < -0.39 is 9.05 Å². The zero-order valence-corrected chi connectivity index (χ0v) is 7.80. The molecule has 0 saturated heterocycles. The fourth-order valence-electron chi connectivity index (χ4n) is 1.04. The second kappa shape index (κ2) is 2.68. The molecule has 0 unspecified atom stereocenters. The molecule has 1 aromatic carbocycles. The second-order valence-corrected chi connectivity index (χ2v) is 4.94. The van der Waals surface area contributed by atoms with Crippen LogP contribution >= 0.6 is 10.7 Å².